The first kappa shape index (κ1) is 15.4. The van der Waals surface area contributed by atoms with Gasteiger partial charge in [0.2, 0.25) is 10.0 Å². The molecule has 0 saturated heterocycles. The van der Waals surface area contributed by atoms with Crippen molar-refractivity contribution in [2.75, 3.05) is 6.61 Å². The molecule has 0 bridgehead atoms. The van der Waals surface area contributed by atoms with Crippen molar-refractivity contribution in [3.8, 4) is 17.1 Å². The number of nitrogens with one attached hydrogen (secondary N) is 1. The minimum absolute atomic E-state index is 0.251. The Morgan fingerprint density at radius 3 is 2.96 bits per heavy atom. The topological polar surface area (TPSA) is 68.5 Å². The third kappa shape index (κ3) is 2.98. The van der Waals surface area contributed by atoms with Crippen molar-refractivity contribution in [2.24, 2.45) is 0 Å². The number of furan rings is 1. The molecular weight excluding hydrogens is 346 g/mol. The van der Waals surface area contributed by atoms with Gasteiger partial charge in [0.25, 0.3) is 0 Å². The summed E-state index contributed by atoms with van der Waals surface area (Å²) < 4.78 is 38.4. The molecule has 0 aliphatic carbocycles. The van der Waals surface area contributed by atoms with Crippen LogP contribution in [0.15, 0.2) is 57.4 Å². The standard InChI is InChI=1S/C17H15NO4S2/c19-24(20,15-3-4-17-12(9-15)5-7-22-17)18-10-14-8-13(11-23-14)16-2-1-6-21-16/h1-4,6,8-9,11,18H,5,7,10H2. The molecule has 4 rings (SSSR count). The van der Waals surface area contributed by atoms with E-state index >= 15 is 0 Å². The summed E-state index contributed by atoms with van der Waals surface area (Å²) in [7, 11) is -3.55. The molecule has 0 unspecified atom stereocenters. The van der Waals surface area contributed by atoms with Crippen LogP contribution in [-0.4, -0.2) is 15.0 Å². The van der Waals surface area contributed by atoms with E-state index in [1.165, 1.54) is 11.3 Å². The summed E-state index contributed by atoms with van der Waals surface area (Å²) in [4.78, 5) is 1.20. The lowest BCUT2D eigenvalue weighted by Crippen LogP contribution is -2.22. The monoisotopic (exact) mass is 361 g/mol. The Hall–Kier alpha value is -2.09. The Morgan fingerprint density at radius 1 is 1.21 bits per heavy atom. The molecule has 0 amide bonds. The van der Waals surface area contributed by atoms with E-state index in [1.807, 2.05) is 23.6 Å². The lowest BCUT2D eigenvalue weighted by molar-refractivity contribution is 0.356. The van der Waals surface area contributed by atoms with Gasteiger partial charge >= 0.3 is 0 Å². The molecule has 124 valence electrons. The van der Waals surface area contributed by atoms with Gasteiger partial charge in [0.15, 0.2) is 0 Å². The van der Waals surface area contributed by atoms with E-state index in [0.29, 0.717) is 6.61 Å². The molecule has 1 aliphatic heterocycles. The van der Waals surface area contributed by atoms with E-state index in [4.69, 9.17) is 9.15 Å². The van der Waals surface area contributed by atoms with Crippen molar-refractivity contribution in [3.05, 3.63) is 58.5 Å². The van der Waals surface area contributed by atoms with Gasteiger partial charge in [-0.05, 0) is 42.0 Å². The lowest BCUT2D eigenvalue weighted by atomic mass is 10.2. The van der Waals surface area contributed by atoms with Crippen molar-refractivity contribution in [1.29, 1.82) is 0 Å². The van der Waals surface area contributed by atoms with Crippen LogP contribution in [0.2, 0.25) is 0 Å². The highest BCUT2D eigenvalue weighted by Crippen LogP contribution is 2.28. The van der Waals surface area contributed by atoms with Crippen molar-refractivity contribution < 1.29 is 17.6 Å². The van der Waals surface area contributed by atoms with E-state index < -0.39 is 10.0 Å². The van der Waals surface area contributed by atoms with Gasteiger partial charge in [0, 0.05) is 28.8 Å². The average Bonchev–Trinajstić information content (AvgIpc) is 3.32. The van der Waals surface area contributed by atoms with Gasteiger partial charge in [-0.25, -0.2) is 13.1 Å². The summed E-state index contributed by atoms with van der Waals surface area (Å²) in [5.41, 5.74) is 1.89. The number of thiophene rings is 1. The zero-order chi connectivity index (χ0) is 16.6. The smallest absolute Gasteiger partial charge is 0.240 e. The third-order valence-electron chi connectivity index (χ3n) is 3.87. The summed E-state index contributed by atoms with van der Waals surface area (Å²) in [5.74, 6) is 1.55. The van der Waals surface area contributed by atoms with Crippen LogP contribution < -0.4 is 9.46 Å². The molecular formula is C17H15NO4S2. The largest absolute Gasteiger partial charge is 0.493 e. The highest BCUT2D eigenvalue weighted by atomic mass is 32.2. The molecule has 3 aromatic rings. The van der Waals surface area contributed by atoms with E-state index in [2.05, 4.69) is 4.72 Å². The zero-order valence-corrected chi connectivity index (χ0v) is 14.3. The van der Waals surface area contributed by atoms with Crippen LogP contribution in [0.25, 0.3) is 11.3 Å². The second kappa shape index (κ2) is 6.08. The molecule has 0 radical (unpaired) electrons. The second-order valence-corrected chi connectivity index (χ2v) is 8.23. The Morgan fingerprint density at radius 2 is 2.12 bits per heavy atom. The number of sulfonamides is 1. The van der Waals surface area contributed by atoms with Crippen molar-refractivity contribution in [2.45, 2.75) is 17.9 Å². The first-order valence-corrected chi connectivity index (χ1v) is 9.85. The quantitative estimate of drug-likeness (QED) is 0.756. The van der Waals surface area contributed by atoms with Gasteiger partial charge in [-0.1, -0.05) is 0 Å². The van der Waals surface area contributed by atoms with E-state index in [-0.39, 0.29) is 11.4 Å². The summed E-state index contributed by atoms with van der Waals surface area (Å²) in [6, 6.07) is 10.6. The van der Waals surface area contributed by atoms with E-state index in [0.717, 1.165) is 33.9 Å². The number of ether oxygens (including phenoxy) is 1. The molecule has 0 saturated carbocycles. The summed E-state index contributed by atoms with van der Waals surface area (Å²) in [5, 5.41) is 1.95. The van der Waals surface area contributed by atoms with Gasteiger partial charge in [0.05, 0.1) is 17.8 Å². The van der Waals surface area contributed by atoms with E-state index in [1.54, 1.807) is 24.5 Å². The fraction of sp³-hybridized carbons (Fsp3) is 0.176. The first-order chi connectivity index (χ1) is 11.6. The molecule has 2 aromatic heterocycles. The van der Waals surface area contributed by atoms with Crippen LogP contribution in [0, 0.1) is 0 Å². The predicted octanol–water partition coefficient (Wildman–Crippen LogP) is 3.42. The molecule has 0 spiro atoms. The SMILES string of the molecule is O=S(=O)(NCc1cc(-c2ccco2)cs1)c1ccc2c(c1)CCO2. The van der Waals surface area contributed by atoms with Crippen LogP contribution in [0.1, 0.15) is 10.4 Å². The second-order valence-electron chi connectivity index (χ2n) is 5.47. The molecule has 5 nitrogen and oxygen atoms in total. The fourth-order valence-electron chi connectivity index (χ4n) is 2.62. The number of hydrogen-bond acceptors (Lipinski definition) is 5. The lowest BCUT2D eigenvalue weighted by Gasteiger charge is -2.07. The Bertz CT molecular complexity index is 958. The van der Waals surface area contributed by atoms with Gasteiger partial charge < -0.3 is 9.15 Å². The average molecular weight is 361 g/mol. The predicted molar refractivity (Wildman–Crippen MR) is 91.7 cm³/mol. The van der Waals surface area contributed by atoms with Crippen molar-refractivity contribution in [3.63, 3.8) is 0 Å². The maximum Gasteiger partial charge on any atom is 0.240 e. The van der Waals surface area contributed by atoms with Crippen LogP contribution >= 0.6 is 11.3 Å². The van der Waals surface area contributed by atoms with Crippen molar-refractivity contribution >= 4 is 21.4 Å². The molecule has 3 heterocycles. The van der Waals surface area contributed by atoms with Crippen LogP contribution in [0.4, 0.5) is 0 Å². The van der Waals surface area contributed by atoms with Gasteiger partial charge in [-0.15, -0.1) is 11.3 Å². The molecule has 0 fully saturated rings. The summed E-state index contributed by atoms with van der Waals surface area (Å²) in [6.07, 6.45) is 2.36. The van der Waals surface area contributed by atoms with Gasteiger partial charge in [0.1, 0.15) is 11.5 Å². The molecule has 24 heavy (non-hydrogen) atoms. The molecule has 1 aliphatic rings. The van der Waals surface area contributed by atoms with E-state index in [9.17, 15) is 8.42 Å². The van der Waals surface area contributed by atoms with Crippen LogP contribution in [0.3, 0.4) is 0 Å². The summed E-state index contributed by atoms with van der Waals surface area (Å²) in [6.45, 7) is 0.859. The molecule has 1 N–H and O–H groups in total. The van der Waals surface area contributed by atoms with Crippen LogP contribution in [-0.2, 0) is 23.0 Å². The number of benzene rings is 1. The highest BCUT2D eigenvalue weighted by molar-refractivity contribution is 7.89. The first-order valence-electron chi connectivity index (χ1n) is 7.48. The van der Waals surface area contributed by atoms with Gasteiger partial charge in [-0.3, -0.25) is 0 Å². The van der Waals surface area contributed by atoms with Crippen LogP contribution in [0.5, 0.6) is 5.75 Å². The third-order valence-corrected chi connectivity index (χ3v) is 6.20. The van der Waals surface area contributed by atoms with Gasteiger partial charge in [-0.2, -0.15) is 0 Å². The fourth-order valence-corrected chi connectivity index (χ4v) is 4.59. The minimum Gasteiger partial charge on any atom is -0.493 e. The maximum absolute atomic E-state index is 12.5. The minimum atomic E-state index is -3.55. The summed E-state index contributed by atoms with van der Waals surface area (Å²) >= 11 is 1.50. The molecule has 1 aromatic carbocycles. The Labute approximate surface area is 143 Å². The normalized spacial score (nSPS) is 13.7. The number of rotatable bonds is 5. The Kier molecular flexibility index (Phi) is 3.91. The molecule has 7 heteroatoms. The Balaban J connectivity index is 1.49. The zero-order valence-electron chi connectivity index (χ0n) is 12.7. The highest BCUT2D eigenvalue weighted by Gasteiger charge is 2.19. The maximum atomic E-state index is 12.5. The van der Waals surface area contributed by atoms with Crippen molar-refractivity contribution in [1.82, 2.24) is 4.72 Å². The number of hydrogen-bond donors (Lipinski definition) is 1. The molecule has 0 atom stereocenters. The number of fused-ring (bicyclic) bond motifs is 1.